The fourth-order valence-corrected chi connectivity index (χ4v) is 5.48. The Bertz CT molecular complexity index is 1470. The Labute approximate surface area is 215 Å². The Kier molecular flexibility index (Phi) is 7.83. The minimum atomic E-state index is -3.91. The van der Waals surface area contributed by atoms with E-state index < -0.39 is 21.5 Å². The molecule has 0 aliphatic carbocycles. The Morgan fingerprint density at radius 3 is 2.08 bits per heavy atom. The van der Waals surface area contributed by atoms with Crippen molar-refractivity contribution in [3.8, 4) is 0 Å². The zero-order chi connectivity index (χ0) is 26.6. The van der Waals surface area contributed by atoms with E-state index >= 15 is 0 Å². The smallest absolute Gasteiger partial charge is 0.254 e. The summed E-state index contributed by atoms with van der Waals surface area (Å²) < 4.78 is 55.2. The second-order valence-electron chi connectivity index (χ2n) is 9.02. The molecule has 0 aliphatic heterocycles. The van der Waals surface area contributed by atoms with Crippen LogP contribution in [0.15, 0.2) is 90.2 Å². The lowest BCUT2D eigenvalue weighted by Gasteiger charge is -2.27. The zero-order valence-corrected chi connectivity index (χ0v) is 21.3. The number of hydrogen-bond acceptors (Lipinski definition) is 4. The SMILES string of the molecule is CC(C)N(Cc1cnc(S(=O)(=O)Cc2ccc(F)cc2)n1Cc1ccccc1)C(=O)c1ccc(F)cc1. The van der Waals surface area contributed by atoms with Crippen molar-refractivity contribution >= 4 is 15.7 Å². The molecule has 0 N–H and O–H groups in total. The van der Waals surface area contributed by atoms with Gasteiger partial charge in [0.2, 0.25) is 15.0 Å². The van der Waals surface area contributed by atoms with Gasteiger partial charge in [0.05, 0.1) is 30.7 Å². The van der Waals surface area contributed by atoms with Crippen LogP contribution in [0.2, 0.25) is 0 Å². The van der Waals surface area contributed by atoms with Crippen molar-refractivity contribution < 1.29 is 22.0 Å². The molecule has 1 amide bonds. The number of carbonyl (C=O) groups is 1. The number of sulfone groups is 1. The van der Waals surface area contributed by atoms with Crippen LogP contribution in [0.3, 0.4) is 0 Å². The van der Waals surface area contributed by atoms with Crippen molar-refractivity contribution in [1.29, 1.82) is 0 Å². The van der Waals surface area contributed by atoms with Crippen LogP contribution in [-0.2, 0) is 28.7 Å². The summed E-state index contributed by atoms with van der Waals surface area (Å²) in [7, 11) is -3.91. The highest BCUT2D eigenvalue weighted by Gasteiger charge is 2.27. The quantitative estimate of drug-likeness (QED) is 0.301. The molecule has 0 fully saturated rings. The molecule has 6 nitrogen and oxygen atoms in total. The average Bonchev–Trinajstić information content (AvgIpc) is 3.27. The summed E-state index contributed by atoms with van der Waals surface area (Å²) in [5.74, 6) is -1.54. The molecule has 0 unspecified atom stereocenters. The molecule has 0 atom stereocenters. The Morgan fingerprint density at radius 1 is 0.892 bits per heavy atom. The van der Waals surface area contributed by atoms with E-state index in [1.54, 1.807) is 9.47 Å². The normalized spacial score (nSPS) is 11.6. The molecule has 9 heteroatoms. The van der Waals surface area contributed by atoms with Crippen molar-refractivity contribution in [3.05, 3.63) is 119 Å². The number of rotatable bonds is 9. The third-order valence-electron chi connectivity index (χ3n) is 5.94. The van der Waals surface area contributed by atoms with Gasteiger partial charge >= 0.3 is 0 Å². The largest absolute Gasteiger partial charge is 0.330 e. The molecular weight excluding hydrogens is 496 g/mol. The molecule has 192 valence electrons. The third kappa shape index (κ3) is 6.29. The van der Waals surface area contributed by atoms with Gasteiger partial charge in [-0.05, 0) is 61.4 Å². The van der Waals surface area contributed by atoms with E-state index in [0.29, 0.717) is 16.8 Å². The zero-order valence-electron chi connectivity index (χ0n) is 20.5. The number of hydrogen-bond donors (Lipinski definition) is 0. The van der Waals surface area contributed by atoms with E-state index in [1.807, 2.05) is 44.2 Å². The molecule has 4 aromatic rings. The molecular formula is C28H27F2N3O3S. The Hall–Kier alpha value is -3.85. The van der Waals surface area contributed by atoms with Gasteiger partial charge in [-0.15, -0.1) is 0 Å². The first-order valence-electron chi connectivity index (χ1n) is 11.8. The van der Waals surface area contributed by atoms with Gasteiger partial charge in [0.1, 0.15) is 11.6 Å². The number of aromatic nitrogens is 2. The maximum absolute atomic E-state index is 13.4. The summed E-state index contributed by atoms with van der Waals surface area (Å²) >= 11 is 0. The van der Waals surface area contributed by atoms with Crippen LogP contribution < -0.4 is 0 Å². The predicted molar refractivity (Wildman–Crippen MR) is 136 cm³/mol. The number of amides is 1. The van der Waals surface area contributed by atoms with Gasteiger partial charge in [-0.2, -0.15) is 0 Å². The number of nitrogens with zero attached hydrogens (tertiary/aromatic N) is 3. The second kappa shape index (κ2) is 11.0. The summed E-state index contributed by atoms with van der Waals surface area (Å²) in [5.41, 5.74) is 2.16. The molecule has 0 bridgehead atoms. The van der Waals surface area contributed by atoms with Gasteiger partial charge in [0.25, 0.3) is 5.91 Å². The van der Waals surface area contributed by atoms with E-state index in [0.717, 1.165) is 5.56 Å². The molecule has 37 heavy (non-hydrogen) atoms. The van der Waals surface area contributed by atoms with E-state index in [-0.39, 0.29) is 35.9 Å². The predicted octanol–water partition coefficient (Wildman–Crippen LogP) is 5.23. The van der Waals surface area contributed by atoms with Gasteiger partial charge in [-0.3, -0.25) is 4.79 Å². The second-order valence-corrected chi connectivity index (χ2v) is 10.9. The lowest BCUT2D eigenvalue weighted by atomic mass is 10.1. The van der Waals surface area contributed by atoms with Crippen LogP contribution in [0, 0.1) is 11.6 Å². The fourth-order valence-electron chi connectivity index (χ4n) is 3.99. The molecule has 4 rings (SSSR count). The average molecular weight is 524 g/mol. The van der Waals surface area contributed by atoms with Gasteiger partial charge in [0.15, 0.2) is 0 Å². The number of imidazole rings is 1. The highest BCUT2D eigenvalue weighted by atomic mass is 32.2. The summed E-state index contributed by atoms with van der Waals surface area (Å²) in [4.78, 5) is 19.1. The maximum Gasteiger partial charge on any atom is 0.254 e. The van der Waals surface area contributed by atoms with Gasteiger partial charge in [0, 0.05) is 11.6 Å². The standard InChI is InChI=1S/C28H27F2N3O3S/c1-20(2)32(27(34)23-10-14-25(30)15-11-23)18-26-16-31-28(33(26)17-21-6-4-3-5-7-21)37(35,36)19-22-8-12-24(29)13-9-22/h3-16,20H,17-19H2,1-2H3. The Morgan fingerprint density at radius 2 is 1.49 bits per heavy atom. The molecule has 0 radical (unpaired) electrons. The highest BCUT2D eigenvalue weighted by Crippen LogP contribution is 2.22. The number of carbonyl (C=O) groups excluding carboxylic acids is 1. The first-order valence-corrected chi connectivity index (χ1v) is 13.4. The molecule has 1 heterocycles. The summed E-state index contributed by atoms with van der Waals surface area (Å²) in [6, 6.07) is 19.7. The van der Waals surface area contributed by atoms with Crippen molar-refractivity contribution in [2.75, 3.05) is 0 Å². The van der Waals surface area contributed by atoms with Crippen molar-refractivity contribution in [2.45, 2.75) is 43.9 Å². The van der Waals surface area contributed by atoms with Gasteiger partial charge in [-0.1, -0.05) is 42.5 Å². The monoisotopic (exact) mass is 523 g/mol. The van der Waals surface area contributed by atoms with Gasteiger partial charge < -0.3 is 9.47 Å². The van der Waals surface area contributed by atoms with Gasteiger partial charge in [-0.25, -0.2) is 22.2 Å². The maximum atomic E-state index is 13.4. The number of halogens is 2. The minimum absolute atomic E-state index is 0.0970. The van der Waals surface area contributed by atoms with Crippen molar-refractivity contribution in [3.63, 3.8) is 0 Å². The van der Waals surface area contributed by atoms with Crippen LogP contribution >= 0.6 is 0 Å². The molecule has 3 aromatic carbocycles. The van der Waals surface area contributed by atoms with Crippen molar-refractivity contribution in [2.24, 2.45) is 0 Å². The van der Waals surface area contributed by atoms with Crippen LogP contribution in [0.4, 0.5) is 8.78 Å². The van der Waals surface area contributed by atoms with E-state index in [9.17, 15) is 22.0 Å². The van der Waals surface area contributed by atoms with Crippen LogP contribution in [-0.4, -0.2) is 34.8 Å². The first kappa shape index (κ1) is 26.2. The van der Waals surface area contributed by atoms with E-state index in [1.165, 1.54) is 54.7 Å². The van der Waals surface area contributed by atoms with Crippen LogP contribution in [0.1, 0.15) is 41.0 Å². The molecule has 1 aromatic heterocycles. The first-order chi connectivity index (χ1) is 17.6. The molecule has 0 saturated carbocycles. The third-order valence-corrected chi connectivity index (χ3v) is 7.54. The molecule has 0 saturated heterocycles. The van der Waals surface area contributed by atoms with E-state index in [2.05, 4.69) is 4.98 Å². The summed E-state index contributed by atoms with van der Waals surface area (Å²) in [6.07, 6.45) is 1.47. The topological polar surface area (TPSA) is 72.3 Å². The fraction of sp³-hybridized carbons (Fsp3) is 0.214. The minimum Gasteiger partial charge on any atom is -0.330 e. The number of benzene rings is 3. The van der Waals surface area contributed by atoms with Crippen molar-refractivity contribution in [1.82, 2.24) is 14.5 Å². The molecule has 0 spiro atoms. The van der Waals surface area contributed by atoms with Crippen LogP contribution in [0.25, 0.3) is 0 Å². The van der Waals surface area contributed by atoms with Crippen LogP contribution in [0.5, 0.6) is 0 Å². The molecule has 0 aliphatic rings. The summed E-state index contributed by atoms with van der Waals surface area (Å²) in [5, 5.41) is -0.131. The van der Waals surface area contributed by atoms with E-state index in [4.69, 9.17) is 0 Å². The lowest BCUT2D eigenvalue weighted by Crippen LogP contribution is -2.37. The lowest BCUT2D eigenvalue weighted by molar-refractivity contribution is 0.0685. The Balaban J connectivity index is 1.71. The highest BCUT2D eigenvalue weighted by molar-refractivity contribution is 7.90. The summed E-state index contributed by atoms with van der Waals surface area (Å²) in [6.45, 7) is 4.03.